The van der Waals surface area contributed by atoms with E-state index in [1.807, 2.05) is 6.20 Å². The first-order chi connectivity index (χ1) is 10.8. The Bertz CT molecular complexity index is 514. The highest BCUT2D eigenvalue weighted by atomic mass is 32.1. The molecule has 1 aromatic heterocycles. The number of aliphatic imine (C=N–C) groups is 1. The van der Waals surface area contributed by atoms with Crippen LogP contribution in [0, 0.1) is 11.3 Å². The van der Waals surface area contributed by atoms with E-state index >= 15 is 0 Å². The fourth-order valence-corrected chi connectivity index (χ4v) is 4.18. The van der Waals surface area contributed by atoms with Crippen molar-refractivity contribution in [2.45, 2.75) is 58.9 Å². The molecule has 3 rings (SSSR count). The molecule has 0 atom stereocenters. The Labute approximate surface area is 137 Å². The SMILES string of the molecule is CCNC(=NCc1ncc(CC)s1)NCC1(C2CC2)CCC1. The average molecular weight is 321 g/mol. The first-order valence-electron chi connectivity index (χ1n) is 8.71. The topological polar surface area (TPSA) is 49.3 Å². The molecule has 0 spiro atoms. The van der Waals surface area contributed by atoms with Gasteiger partial charge >= 0.3 is 0 Å². The minimum atomic E-state index is 0.576. The number of aryl methyl sites for hydroxylation is 1. The van der Waals surface area contributed by atoms with E-state index in [0.29, 0.717) is 12.0 Å². The number of nitrogens with one attached hydrogen (secondary N) is 2. The summed E-state index contributed by atoms with van der Waals surface area (Å²) in [6.07, 6.45) is 10.1. The molecule has 0 unspecified atom stereocenters. The molecule has 2 aliphatic rings. The summed E-state index contributed by atoms with van der Waals surface area (Å²) in [7, 11) is 0. The molecule has 5 heteroatoms. The van der Waals surface area contributed by atoms with Gasteiger partial charge in [0.15, 0.2) is 5.96 Å². The molecular weight excluding hydrogens is 292 g/mol. The molecule has 1 aromatic rings. The van der Waals surface area contributed by atoms with E-state index in [1.165, 1.54) is 37.0 Å². The molecule has 0 radical (unpaired) electrons. The lowest BCUT2D eigenvalue weighted by atomic mass is 9.65. The molecule has 1 heterocycles. The number of thiazole rings is 1. The van der Waals surface area contributed by atoms with E-state index in [9.17, 15) is 0 Å². The van der Waals surface area contributed by atoms with Crippen molar-refractivity contribution in [2.24, 2.45) is 16.3 Å². The Hall–Kier alpha value is -1.10. The molecular formula is C17H28N4S. The smallest absolute Gasteiger partial charge is 0.191 e. The molecule has 22 heavy (non-hydrogen) atoms. The van der Waals surface area contributed by atoms with Gasteiger partial charge in [-0.15, -0.1) is 11.3 Å². The summed E-state index contributed by atoms with van der Waals surface area (Å²) in [6.45, 7) is 6.95. The van der Waals surface area contributed by atoms with Crippen LogP contribution in [0.15, 0.2) is 11.2 Å². The molecule has 2 saturated carbocycles. The van der Waals surface area contributed by atoms with Gasteiger partial charge < -0.3 is 10.6 Å². The van der Waals surface area contributed by atoms with Crippen molar-refractivity contribution in [3.63, 3.8) is 0 Å². The first-order valence-corrected chi connectivity index (χ1v) is 9.53. The average Bonchev–Trinajstić information content (AvgIpc) is 3.22. The second kappa shape index (κ2) is 6.99. The number of nitrogens with zero attached hydrogens (tertiary/aromatic N) is 2. The van der Waals surface area contributed by atoms with E-state index < -0.39 is 0 Å². The van der Waals surface area contributed by atoms with Crippen LogP contribution in [0.25, 0.3) is 0 Å². The zero-order valence-electron chi connectivity index (χ0n) is 13.8. The van der Waals surface area contributed by atoms with Crippen LogP contribution >= 0.6 is 11.3 Å². The molecule has 2 aliphatic carbocycles. The Morgan fingerprint density at radius 3 is 2.73 bits per heavy atom. The molecule has 0 aliphatic heterocycles. The van der Waals surface area contributed by atoms with Crippen LogP contribution in [0.4, 0.5) is 0 Å². The van der Waals surface area contributed by atoms with Crippen LogP contribution in [0.5, 0.6) is 0 Å². The number of guanidine groups is 1. The minimum absolute atomic E-state index is 0.576. The Balaban J connectivity index is 1.55. The standard InChI is InChI=1S/C17H28N4S/c1-3-14-10-19-15(22-14)11-20-16(18-4-2)21-12-17(8-5-9-17)13-6-7-13/h10,13H,3-9,11-12H2,1-2H3,(H2,18,20,21). The highest BCUT2D eigenvalue weighted by Crippen LogP contribution is 2.56. The zero-order chi connectivity index (χ0) is 15.4. The highest BCUT2D eigenvalue weighted by molar-refractivity contribution is 7.11. The summed E-state index contributed by atoms with van der Waals surface area (Å²) in [5, 5.41) is 8.07. The summed E-state index contributed by atoms with van der Waals surface area (Å²) in [6, 6.07) is 0. The fraction of sp³-hybridized carbons (Fsp3) is 0.765. The Kier molecular flexibility index (Phi) is 5.01. The van der Waals surface area contributed by atoms with Gasteiger partial charge in [-0.3, -0.25) is 0 Å². The minimum Gasteiger partial charge on any atom is -0.357 e. The molecule has 122 valence electrons. The number of aromatic nitrogens is 1. The second-order valence-corrected chi connectivity index (χ2v) is 7.81. The third-order valence-corrected chi connectivity index (χ3v) is 6.19. The Morgan fingerprint density at radius 1 is 1.36 bits per heavy atom. The lowest BCUT2D eigenvalue weighted by Crippen LogP contribution is -2.47. The van der Waals surface area contributed by atoms with E-state index in [1.54, 1.807) is 11.3 Å². The maximum atomic E-state index is 4.71. The number of hydrogen-bond donors (Lipinski definition) is 2. The molecule has 0 saturated heterocycles. The summed E-state index contributed by atoms with van der Waals surface area (Å²) in [4.78, 5) is 10.5. The van der Waals surface area contributed by atoms with Gasteiger partial charge in [0, 0.05) is 24.2 Å². The van der Waals surface area contributed by atoms with Crippen LogP contribution in [-0.4, -0.2) is 24.0 Å². The molecule has 0 amide bonds. The Morgan fingerprint density at radius 2 is 2.18 bits per heavy atom. The normalized spacial score (nSPS) is 20.5. The monoisotopic (exact) mass is 320 g/mol. The van der Waals surface area contributed by atoms with Gasteiger partial charge in [-0.2, -0.15) is 0 Å². The summed E-state index contributed by atoms with van der Waals surface area (Å²) in [5.74, 6) is 1.92. The number of rotatable bonds is 7. The van der Waals surface area contributed by atoms with E-state index in [0.717, 1.165) is 36.4 Å². The molecule has 2 fully saturated rings. The summed E-state index contributed by atoms with van der Waals surface area (Å²) >= 11 is 1.77. The molecule has 2 N–H and O–H groups in total. The van der Waals surface area contributed by atoms with Crippen LogP contribution in [0.1, 0.15) is 55.8 Å². The van der Waals surface area contributed by atoms with Crippen LogP contribution in [0.3, 0.4) is 0 Å². The first kappa shape index (κ1) is 15.8. The van der Waals surface area contributed by atoms with Gasteiger partial charge in [-0.25, -0.2) is 9.98 Å². The van der Waals surface area contributed by atoms with Gasteiger partial charge in [-0.05, 0) is 50.4 Å². The van der Waals surface area contributed by atoms with E-state index in [4.69, 9.17) is 4.99 Å². The molecule has 0 bridgehead atoms. The van der Waals surface area contributed by atoms with Crippen molar-refractivity contribution in [3.05, 3.63) is 16.1 Å². The lowest BCUT2D eigenvalue weighted by Gasteiger charge is -2.43. The predicted molar refractivity (Wildman–Crippen MR) is 93.3 cm³/mol. The summed E-state index contributed by atoms with van der Waals surface area (Å²) < 4.78 is 0. The van der Waals surface area contributed by atoms with Gasteiger partial charge in [0.2, 0.25) is 0 Å². The second-order valence-electron chi connectivity index (χ2n) is 6.61. The van der Waals surface area contributed by atoms with Crippen molar-refractivity contribution >= 4 is 17.3 Å². The van der Waals surface area contributed by atoms with E-state index in [-0.39, 0.29) is 0 Å². The third kappa shape index (κ3) is 3.62. The van der Waals surface area contributed by atoms with Crippen LogP contribution in [-0.2, 0) is 13.0 Å². The number of hydrogen-bond acceptors (Lipinski definition) is 3. The largest absolute Gasteiger partial charge is 0.357 e. The van der Waals surface area contributed by atoms with Crippen molar-refractivity contribution in [2.75, 3.05) is 13.1 Å². The predicted octanol–water partition coefficient (Wildman–Crippen LogP) is 3.34. The van der Waals surface area contributed by atoms with Crippen molar-refractivity contribution < 1.29 is 0 Å². The maximum absolute atomic E-state index is 4.71. The third-order valence-electron chi connectivity index (χ3n) is 5.07. The van der Waals surface area contributed by atoms with Crippen LogP contribution < -0.4 is 10.6 Å². The summed E-state index contributed by atoms with van der Waals surface area (Å²) in [5.41, 5.74) is 0.576. The van der Waals surface area contributed by atoms with Gasteiger partial charge in [0.1, 0.15) is 5.01 Å². The van der Waals surface area contributed by atoms with Crippen molar-refractivity contribution in [3.8, 4) is 0 Å². The van der Waals surface area contributed by atoms with Gasteiger partial charge in [-0.1, -0.05) is 13.3 Å². The quantitative estimate of drug-likeness (QED) is 0.598. The highest BCUT2D eigenvalue weighted by Gasteiger charge is 2.48. The lowest BCUT2D eigenvalue weighted by molar-refractivity contribution is 0.106. The fourth-order valence-electron chi connectivity index (χ4n) is 3.39. The molecule has 0 aromatic carbocycles. The van der Waals surface area contributed by atoms with Crippen molar-refractivity contribution in [1.82, 2.24) is 15.6 Å². The maximum Gasteiger partial charge on any atom is 0.191 e. The van der Waals surface area contributed by atoms with Crippen LogP contribution in [0.2, 0.25) is 0 Å². The zero-order valence-corrected chi connectivity index (χ0v) is 14.6. The molecule has 4 nitrogen and oxygen atoms in total. The van der Waals surface area contributed by atoms with Gasteiger partial charge in [0.05, 0.1) is 6.54 Å². The van der Waals surface area contributed by atoms with Gasteiger partial charge in [0.25, 0.3) is 0 Å². The van der Waals surface area contributed by atoms with E-state index in [2.05, 4.69) is 29.5 Å². The van der Waals surface area contributed by atoms with Crippen molar-refractivity contribution in [1.29, 1.82) is 0 Å².